The van der Waals surface area contributed by atoms with Gasteiger partial charge in [0.05, 0.1) is 12.6 Å². The number of piperidine rings is 1. The van der Waals surface area contributed by atoms with Crippen LogP contribution in [0.2, 0.25) is 0 Å². The Morgan fingerprint density at radius 1 is 1.47 bits per heavy atom. The van der Waals surface area contributed by atoms with Gasteiger partial charge in [0.15, 0.2) is 0 Å². The molecule has 0 radical (unpaired) electrons. The van der Waals surface area contributed by atoms with Crippen molar-refractivity contribution in [2.75, 3.05) is 32.7 Å². The molecule has 110 valence electrons. The number of likely N-dealkylation sites (tertiary alicyclic amines) is 1. The highest BCUT2D eigenvalue weighted by Gasteiger charge is 2.26. The third-order valence-electron chi connectivity index (χ3n) is 3.54. The molecule has 1 aliphatic rings. The maximum absolute atomic E-state index is 11.8. The minimum Gasteiger partial charge on any atom is -0.480 e. The number of hydrogen-bond acceptors (Lipinski definition) is 4. The number of rotatable bonds is 7. The predicted octanol–water partition coefficient (Wildman–Crippen LogP) is -0.103. The van der Waals surface area contributed by atoms with Crippen LogP contribution in [0.5, 0.6) is 0 Å². The molecule has 1 amide bonds. The van der Waals surface area contributed by atoms with Crippen LogP contribution in [0.3, 0.4) is 0 Å². The van der Waals surface area contributed by atoms with E-state index in [-0.39, 0.29) is 18.5 Å². The minimum atomic E-state index is -0.830. The molecule has 0 aromatic heterocycles. The highest BCUT2D eigenvalue weighted by molar-refractivity contribution is 5.81. The van der Waals surface area contributed by atoms with Gasteiger partial charge < -0.3 is 15.7 Å². The summed E-state index contributed by atoms with van der Waals surface area (Å²) in [6, 6.07) is -0.109. The van der Waals surface area contributed by atoms with Crippen molar-refractivity contribution in [1.82, 2.24) is 15.5 Å². The summed E-state index contributed by atoms with van der Waals surface area (Å²) in [7, 11) is 0. The molecule has 19 heavy (non-hydrogen) atoms. The average molecular weight is 271 g/mol. The molecule has 1 rings (SSSR count). The van der Waals surface area contributed by atoms with Gasteiger partial charge in [-0.2, -0.15) is 0 Å². The van der Waals surface area contributed by atoms with Crippen molar-refractivity contribution in [3.63, 3.8) is 0 Å². The first-order valence-electron chi connectivity index (χ1n) is 6.98. The third-order valence-corrected chi connectivity index (χ3v) is 3.54. The van der Waals surface area contributed by atoms with Gasteiger partial charge in [-0.05, 0) is 45.7 Å². The zero-order valence-corrected chi connectivity index (χ0v) is 11.8. The lowest BCUT2D eigenvalue weighted by molar-refractivity contribution is -0.136. The van der Waals surface area contributed by atoms with Gasteiger partial charge in [0, 0.05) is 13.1 Å². The number of likely N-dealkylation sites (N-methyl/N-ethyl adjacent to an activating group) is 1. The van der Waals surface area contributed by atoms with Gasteiger partial charge in [-0.3, -0.25) is 14.5 Å². The van der Waals surface area contributed by atoms with Gasteiger partial charge in [-0.15, -0.1) is 0 Å². The fraction of sp³-hybridized carbons (Fsp3) is 0.846. The van der Waals surface area contributed by atoms with E-state index in [1.807, 2.05) is 13.8 Å². The Balaban J connectivity index is 2.36. The molecule has 0 aromatic rings. The Labute approximate surface area is 114 Å². The predicted molar refractivity (Wildman–Crippen MR) is 72.9 cm³/mol. The SMILES string of the molecule is CCNC(=O)C(C)N1CCCC(CNCC(=O)O)C1. The molecule has 0 aromatic carbocycles. The molecule has 3 N–H and O–H groups in total. The Bertz CT molecular complexity index is 310. The number of carboxylic acids is 1. The maximum atomic E-state index is 11.8. The zero-order valence-electron chi connectivity index (χ0n) is 11.8. The van der Waals surface area contributed by atoms with Gasteiger partial charge in [0.2, 0.25) is 5.91 Å². The molecule has 1 heterocycles. The summed E-state index contributed by atoms with van der Waals surface area (Å²) >= 11 is 0. The molecule has 0 saturated carbocycles. The van der Waals surface area contributed by atoms with Crippen molar-refractivity contribution < 1.29 is 14.7 Å². The van der Waals surface area contributed by atoms with Gasteiger partial charge >= 0.3 is 5.97 Å². The van der Waals surface area contributed by atoms with E-state index in [1.165, 1.54) is 0 Å². The molecule has 6 nitrogen and oxygen atoms in total. The second kappa shape index (κ2) is 8.12. The van der Waals surface area contributed by atoms with Crippen molar-refractivity contribution in [1.29, 1.82) is 0 Å². The first-order chi connectivity index (χ1) is 9.04. The summed E-state index contributed by atoms with van der Waals surface area (Å²) in [5, 5.41) is 14.4. The van der Waals surface area contributed by atoms with Crippen molar-refractivity contribution in [2.24, 2.45) is 5.92 Å². The number of nitrogens with one attached hydrogen (secondary N) is 2. The number of carbonyl (C=O) groups excluding carboxylic acids is 1. The average Bonchev–Trinajstić information content (AvgIpc) is 2.38. The van der Waals surface area contributed by atoms with Crippen molar-refractivity contribution in [3.05, 3.63) is 0 Å². The van der Waals surface area contributed by atoms with Gasteiger partial charge in [0.1, 0.15) is 0 Å². The standard InChI is InChI=1S/C13H25N3O3/c1-3-15-13(19)10(2)16-6-4-5-11(9-16)7-14-8-12(17)18/h10-11,14H,3-9H2,1-2H3,(H,15,19)(H,17,18). The van der Waals surface area contributed by atoms with Crippen LogP contribution < -0.4 is 10.6 Å². The van der Waals surface area contributed by atoms with Crippen molar-refractivity contribution >= 4 is 11.9 Å². The van der Waals surface area contributed by atoms with E-state index in [4.69, 9.17) is 5.11 Å². The minimum absolute atomic E-state index is 0.00236. The summed E-state index contributed by atoms with van der Waals surface area (Å²) in [5.41, 5.74) is 0. The monoisotopic (exact) mass is 271 g/mol. The van der Waals surface area contributed by atoms with Crippen LogP contribution in [-0.2, 0) is 9.59 Å². The molecular weight excluding hydrogens is 246 g/mol. The van der Waals surface area contributed by atoms with E-state index in [0.717, 1.165) is 25.9 Å². The van der Waals surface area contributed by atoms with Gasteiger partial charge in [-0.1, -0.05) is 0 Å². The molecule has 0 aliphatic carbocycles. The smallest absolute Gasteiger partial charge is 0.317 e. The molecule has 2 unspecified atom stereocenters. The number of nitrogens with zero attached hydrogens (tertiary/aromatic N) is 1. The second-order valence-corrected chi connectivity index (χ2v) is 5.10. The summed E-state index contributed by atoms with van der Waals surface area (Å²) in [4.78, 5) is 24.4. The number of carbonyl (C=O) groups is 2. The zero-order chi connectivity index (χ0) is 14.3. The van der Waals surface area contributed by atoms with Crippen molar-refractivity contribution in [3.8, 4) is 0 Å². The molecule has 1 saturated heterocycles. The van der Waals surface area contributed by atoms with Crippen LogP contribution in [0, 0.1) is 5.92 Å². The molecule has 2 atom stereocenters. The Kier molecular flexibility index (Phi) is 6.80. The number of carboxylic acid groups (broad SMARTS) is 1. The molecule has 0 bridgehead atoms. The lowest BCUT2D eigenvalue weighted by atomic mass is 9.96. The molecular formula is C13H25N3O3. The summed E-state index contributed by atoms with van der Waals surface area (Å²) in [6.45, 7) is 6.99. The Hall–Kier alpha value is -1.14. The van der Waals surface area contributed by atoms with E-state index in [9.17, 15) is 9.59 Å². The quantitative estimate of drug-likeness (QED) is 0.602. The largest absolute Gasteiger partial charge is 0.480 e. The maximum Gasteiger partial charge on any atom is 0.317 e. The fourth-order valence-electron chi connectivity index (χ4n) is 2.49. The molecule has 6 heteroatoms. The van der Waals surface area contributed by atoms with E-state index < -0.39 is 5.97 Å². The summed E-state index contributed by atoms with van der Waals surface area (Å²) < 4.78 is 0. The van der Waals surface area contributed by atoms with Crippen LogP contribution >= 0.6 is 0 Å². The Morgan fingerprint density at radius 3 is 2.84 bits per heavy atom. The van der Waals surface area contributed by atoms with Crippen LogP contribution in [0.4, 0.5) is 0 Å². The third kappa shape index (κ3) is 5.57. The second-order valence-electron chi connectivity index (χ2n) is 5.10. The summed E-state index contributed by atoms with van der Waals surface area (Å²) in [6.07, 6.45) is 2.15. The van der Waals surface area contributed by atoms with Gasteiger partial charge in [0.25, 0.3) is 0 Å². The number of hydrogen-bond donors (Lipinski definition) is 3. The number of aliphatic carboxylic acids is 1. The number of amides is 1. The van der Waals surface area contributed by atoms with Crippen LogP contribution in [-0.4, -0.2) is 60.6 Å². The van der Waals surface area contributed by atoms with Crippen LogP contribution in [0.15, 0.2) is 0 Å². The lowest BCUT2D eigenvalue weighted by Crippen LogP contribution is -2.50. The van der Waals surface area contributed by atoms with Crippen molar-refractivity contribution in [2.45, 2.75) is 32.7 Å². The highest BCUT2D eigenvalue weighted by atomic mass is 16.4. The first-order valence-corrected chi connectivity index (χ1v) is 6.98. The molecule has 1 fully saturated rings. The normalized spacial score (nSPS) is 21.9. The fourth-order valence-corrected chi connectivity index (χ4v) is 2.49. The van der Waals surface area contributed by atoms with E-state index in [0.29, 0.717) is 19.0 Å². The highest BCUT2D eigenvalue weighted by Crippen LogP contribution is 2.17. The van der Waals surface area contributed by atoms with Crippen LogP contribution in [0.1, 0.15) is 26.7 Å². The molecule has 0 spiro atoms. The Morgan fingerprint density at radius 2 is 2.21 bits per heavy atom. The first kappa shape index (κ1) is 15.9. The summed E-state index contributed by atoms with van der Waals surface area (Å²) in [5.74, 6) is -0.338. The molecule has 1 aliphatic heterocycles. The van der Waals surface area contributed by atoms with E-state index >= 15 is 0 Å². The van der Waals surface area contributed by atoms with Crippen LogP contribution in [0.25, 0.3) is 0 Å². The van der Waals surface area contributed by atoms with E-state index in [1.54, 1.807) is 0 Å². The van der Waals surface area contributed by atoms with E-state index in [2.05, 4.69) is 15.5 Å². The van der Waals surface area contributed by atoms with Gasteiger partial charge in [-0.25, -0.2) is 0 Å². The topological polar surface area (TPSA) is 81.7 Å². The lowest BCUT2D eigenvalue weighted by Gasteiger charge is -2.36.